The van der Waals surface area contributed by atoms with Crippen molar-refractivity contribution in [3.63, 3.8) is 0 Å². The molecule has 0 radical (unpaired) electrons. The summed E-state index contributed by atoms with van der Waals surface area (Å²) in [4.78, 5) is 25.6. The lowest BCUT2D eigenvalue weighted by molar-refractivity contribution is -0.140. The van der Waals surface area contributed by atoms with Gasteiger partial charge in [0.15, 0.2) is 0 Å². The third kappa shape index (κ3) is 5.35. The summed E-state index contributed by atoms with van der Waals surface area (Å²) in [5.41, 5.74) is 1.03. The minimum atomic E-state index is -1.01. The number of carboxylic acid groups (broad SMARTS) is 1. The minimum absolute atomic E-state index is 0.334. The van der Waals surface area contributed by atoms with Gasteiger partial charge in [-0.2, -0.15) is 11.8 Å². The fourth-order valence-corrected chi connectivity index (χ4v) is 2.18. The summed E-state index contributed by atoms with van der Waals surface area (Å²) in [5, 5.41) is 11.3. The van der Waals surface area contributed by atoms with Crippen LogP contribution in [0.15, 0.2) is 24.5 Å². The molecule has 0 aliphatic carbocycles. The van der Waals surface area contributed by atoms with E-state index in [1.165, 1.54) is 18.7 Å². The number of nitrogens with one attached hydrogen (secondary N) is 1. The number of hydrogen-bond acceptors (Lipinski definition) is 4. The average molecular weight is 254 g/mol. The molecule has 0 saturated heterocycles. The summed E-state index contributed by atoms with van der Waals surface area (Å²) in [6.45, 7) is 1.31. The van der Waals surface area contributed by atoms with E-state index >= 15 is 0 Å². The Labute approximate surface area is 104 Å². The Bertz CT molecular complexity index is 384. The molecule has 92 valence electrons. The second-order valence-electron chi connectivity index (χ2n) is 3.47. The standard InChI is InChI=1S/C11H14N2O3S/c1-8(14)13-10(11(15)16)7-17-6-9-3-2-4-12-5-9/h2-5,10H,6-7H2,1H3,(H,13,14)(H,15,16). The summed E-state index contributed by atoms with van der Waals surface area (Å²) in [7, 11) is 0. The zero-order chi connectivity index (χ0) is 12.7. The number of amides is 1. The second-order valence-corrected chi connectivity index (χ2v) is 4.50. The van der Waals surface area contributed by atoms with E-state index in [-0.39, 0.29) is 5.91 Å². The molecule has 1 aromatic rings. The maximum absolute atomic E-state index is 10.8. The normalized spacial score (nSPS) is 11.8. The van der Waals surface area contributed by atoms with Crippen molar-refractivity contribution in [1.82, 2.24) is 10.3 Å². The molecule has 0 aliphatic rings. The quantitative estimate of drug-likeness (QED) is 0.788. The van der Waals surface area contributed by atoms with E-state index in [0.717, 1.165) is 5.56 Å². The van der Waals surface area contributed by atoms with Crippen LogP contribution in [0.5, 0.6) is 0 Å². The number of thioether (sulfide) groups is 1. The van der Waals surface area contributed by atoms with E-state index in [9.17, 15) is 9.59 Å². The summed E-state index contributed by atoms with van der Waals surface area (Å²) in [6, 6.07) is 2.92. The zero-order valence-electron chi connectivity index (χ0n) is 9.42. The maximum Gasteiger partial charge on any atom is 0.327 e. The van der Waals surface area contributed by atoms with Crippen molar-refractivity contribution in [3.8, 4) is 0 Å². The third-order valence-corrected chi connectivity index (χ3v) is 3.06. The van der Waals surface area contributed by atoms with Crippen molar-refractivity contribution in [2.24, 2.45) is 0 Å². The highest BCUT2D eigenvalue weighted by Gasteiger charge is 2.17. The van der Waals surface area contributed by atoms with Crippen molar-refractivity contribution in [2.75, 3.05) is 5.75 Å². The second kappa shape index (κ2) is 6.90. The average Bonchev–Trinajstić information content (AvgIpc) is 2.28. The number of carbonyl (C=O) groups excluding carboxylic acids is 1. The van der Waals surface area contributed by atoms with Crippen LogP contribution in [0.2, 0.25) is 0 Å². The summed E-state index contributed by atoms with van der Waals surface area (Å²) in [5.74, 6) is -0.334. The van der Waals surface area contributed by atoms with Gasteiger partial charge in [-0.25, -0.2) is 4.79 Å². The molecule has 1 aromatic heterocycles. The Balaban J connectivity index is 2.37. The first-order chi connectivity index (χ1) is 8.09. The number of carboxylic acids is 1. The van der Waals surface area contributed by atoms with Crippen molar-refractivity contribution in [2.45, 2.75) is 18.7 Å². The van der Waals surface area contributed by atoms with Crippen molar-refractivity contribution in [3.05, 3.63) is 30.1 Å². The lowest BCUT2D eigenvalue weighted by atomic mass is 10.3. The predicted octanol–water partition coefficient (Wildman–Crippen LogP) is 0.904. The van der Waals surface area contributed by atoms with Gasteiger partial charge in [-0.05, 0) is 11.6 Å². The number of aromatic nitrogens is 1. The Kier molecular flexibility index (Phi) is 5.48. The maximum atomic E-state index is 10.8. The van der Waals surface area contributed by atoms with Crippen LogP contribution < -0.4 is 5.32 Å². The molecule has 1 atom stereocenters. The first-order valence-corrected chi connectivity index (χ1v) is 6.21. The molecule has 6 heteroatoms. The first-order valence-electron chi connectivity index (χ1n) is 5.06. The van der Waals surface area contributed by atoms with Crippen molar-refractivity contribution < 1.29 is 14.7 Å². The Hall–Kier alpha value is -1.56. The van der Waals surface area contributed by atoms with Crippen LogP contribution in [-0.2, 0) is 15.3 Å². The highest BCUT2D eigenvalue weighted by molar-refractivity contribution is 7.98. The largest absolute Gasteiger partial charge is 0.480 e. The monoisotopic (exact) mass is 254 g/mol. The highest BCUT2D eigenvalue weighted by Crippen LogP contribution is 2.12. The molecule has 0 aromatic carbocycles. The van der Waals surface area contributed by atoms with Gasteiger partial charge in [0, 0.05) is 30.8 Å². The van der Waals surface area contributed by atoms with E-state index in [0.29, 0.717) is 11.5 Å². The molecule has 0 saturated carbocycles. The number of nitrogens with zero attached hydrogens (tertiary/aromatic N) is 1. The summed E-state index contributed by atoms with van der Waals surface area (Å²) in [6.07, 6.45) is 3.42. The molecule has 1 heterocycles. The van der Waals surface area contributed by atoms with Gasteiger partial charge in [0.2, 0.25) is 5.91 Å². The van der Waals surface area contributed by atoms with Crippen molar-refractivity contribution >= 4 is 23.6 Å². The molecule has 0 spiro atoms. The van der Waals surface area contributed by atoms with Gasteiger partial charge in [0.05, 0.1) is 0 Å². The van der Waals surface area contributed by atoms with Gasteiger partial charge in [0.1, 0.15) is 6.04 Å². The predicted molar refractivity (Wildman–Crippen MR) is 65.6 cm³/mol. The lowest BCUT2D eigenvalue weighted by Gasteiger charge is -2.12. The minimum Gasteiger partial charge on any atom is -0.480 e. The highest BCUT2D eigenvalue weighted by atomic mass is 32.2. The van der Waals surface area contributed by atoms with Gasteiger partial charge in [-0.3, -0.25) is 9.78 Å². The molecule has 0 aliphatic heterocycles. The Morgan fingerprint density at radius 3 is 2.88 bits per heavy atom. The fraction of sp³-hybridized carbons (Fsp3) is 0.364. The first kappa shape index (κ1) is 13.5. The van der Waals surface area contributed by atoms with Crippen molar-refractivity contribution in [1.29, 1.82) is 0 Å². The van der Waals surface area contributed by atoms with E-state index in [4.69, 9.17) is 5.11 Å². The van der Waals surface area contributed by atoms with Crippen LogP contribution in [0.25, 0.3) is 0 Å². The molecule has 1 unspecified atom stereocenters. The number of rotatable bonds is 6. The molecule has 1 rings (SSSR count). The molecule has 17 heavy (non-hydrogen) atoms. The molecule has 0 fully saturated rings. The molecule has 0 bridgehead atoms. The molecule has 2 N–H and O–H groups in total. The third-order valence-electron chi connectivity index (χ3n) is 1.95. The van der Waals surface area contributed by atoms with Gasteiger partial charge in [0.25, 0.3) is 0 Å². The Morgan fingerprint density at radius 1 is 1.59 bits per heavy atom. The number of aliphatic carboxylic acids is 1. The smallest absolute Gasteiger partial charge is 0.327 e. The van der Waals surface area contributed by atoms with Crippen LogP contribution in [0.3, 0.4) is 0 Å². The van der Waals surface area contributed by atoms with Gasteiger partial charge < -0.3 is 10.4 Å². The SMILES string of the molecule is CC(=O)NC(CSCc1cccnc1)C(=O)O. The van der Waals surface area contributed by atoms with E-state index < -0.39 is 12.0 Å². The zero-order valence-corrected chi connectivity index (χ0v) is 10.2. The van der Waals surface area contributed by atoms with Crippen LogP contribution in [-0.4, -0.2) is 33.8 Å². The van der Waals surface area contributed by atoms with Crippen LogP contribution in [0.1, 0.15) is 12.5 Å². The molecule has 1 amide bonds. The molecular weight excluding hydrogens is 240 g/mol. The molecular formula is C11H14N2O3S. The van der Waals surface area contributed by atoms with Gasteiger partial charge in [-0.15, -0.1) is 0 Å². The van der Waals surface area contributed by atoms with E-state index in [1.807, 2.05) is 12.1 Å². The topological polar surface area (TPSA) is 79.3 Å². The van der Waals surface area contributed by atoms with Crippen LogP contribution in [0.4, 0.5) is 0 Å². The summed E-state index contributed by atoms with van der Waals surface area (Å²) >= 11 is 1.45. The Morgan fingerprint density at radius 2 is 2.35 bits per heavy atom. The number of hydrogen-bond donors (Lipinski definition) is 2. The van der Waals surface area contributed by atoms with E-state index in [1.54, 1.807) is 12.4 Å². The lowest BCUT2D eigenvalue weighted by Crippen LogP contribution is -2.41. The number of pyridine rings is 1. The summed E-state index contributed by atoms with van der Waals surface area (Å²) < 4.78 is 0. The van der Waals surface area contributed by atoms with Gasteiger partial charge >= 0.3 is 5.97 Å². The fourth-order valence-electron chi connectivity index (χ4n) is 1.20. The number of carbonyl (C=O) groups is 2. The van der Waals surface area contributed by atoms with Crippen LogP contribution in [0, 0.1) is 0 Å². The van der Waals surface area contributed by atoms with Gasteiger partial charge in [-0.1, -0.05) is 6.07 Å². The van der Waals surface area contributed by atoms with E-state index in [2.05, 4.69) is 10.3 Å². The van der Waals surface area contributed by atoms with Crippen LogP contribution >= 0.6 is 11.8 Å². The molecule has 5 nitrogen and oxygen atoms in total.